The van der Waals surface area contributed by atoms with Crippen LogP contribution in [0.4, 0.5) is 0 Å². The Bertz CT molecular complexity index is 571. The summed E-state index contributed by atoms with van der Waals surface area (Å²) < 4.78 is 2.40. The minimum Gasteiger partial charge on any atom is -0.328 e. The van der Waals surface area contributed by atoms with Gasteiger partial charge < -0.3 is 9.88 Å². The summed E-state index contributed by atoms with van der Waals surface area (Å²) in [6.07, 6.45) is 2.13. The summed E-state index contributed by atoms with van der Waals surface area (Å²) in [7, 11) is 2.07. The Balaban J connectivity index is 2.34. The average Bonchev–Trinajstić information content (AvgIpc) is 2.82. The van der Waals surface area contributed by atoms with E-state index in [4.69, 9.17) is 4.98 Å². The predicted molar refractivity (Wildman–Crippen MR) is 90.6 cm³/mol. The summed E-state index contributed by atoms with van der Waals surface area (Å²) in [6, 6.07) is 8.94. The lowest BCUT2D eigenvalue weighted by molar-refractivity contribution is 0.304. The number of aromatic nitrogens is 2. The molecular formula is C18H29N3. The number of hydrogen-bond donors (Lipinski definition) is 1. The Morgan fingerprint density at radius 2 is 1.90 bits per heavy atom. The van der Waals surface area contributed by atoms with Gasteiger partial charge in [-0.05, 0) is 37.4 Å². The Kier molecular flexibility index (Phi) is 5.40. The lowest BCUT2D eigenvalue weighted by Gasteiger charge is -2.26. The molecule has 2 unspecified atom stereocenters. The van der Waals surface area contributed by atoms with Gasteiger partial charge in [0.25, 0.3) is 0 Å². The fraction of sp³-hybridized carbons (Fsp3) is 0.611. The van der Waals surface area contributed by atoms with Gasteiger partial charge in [-0.25, -0.2) is 4.98 Å². The Morgan fingerprint density at radius 3 is 2.52 bits per heavy atom. The van der Waals surface area contributed by atoms with Crippen LogP contribution in [0.15, 0.2) is 24.3 Å². The van der Waals surface area contributed by atoms with E-state index in [9.17, 15) is 0 Å². The largest absolute Gasteiger partial charge is 0.328 e. The predicted octanol–water partition coefficient (Wildman–Crippen LogP) is 3.87. The molecule has 0 amide bonds. The maximum atomic E-state index is 4.88. The van der Waals surface area contributed by atoms with E-state index in [0.717, 1.165) is 24.9 Å². The van der Waals surface area contributed by atoms with Gasteiger partial charge in [-0.15, -0.1) is 0 Å². The molecule has 0 saturated carbocycles. The second-order valence-electron chi connectivity index (χ2n) is 6.37. The zero-order valence-corrected chi connectivity index (χ0v) is 14.1. The normalized spacial score (nSPS) is 14.8. The van der Waals surface area contributed by atoms with Gasteiger partial charge in [0.1, 0.15) is 5.82 Å². The smallest absolute Gasteiger partial charge is 0.111 e. The van der Waals surface area contributed by atoms with Crippen LogP contribution in [-0.2, 0) is 13.0 Å². The minimum atomic E-state index is 0.470. The highest BCUT2D eigenvalue weighted by Crippen LogP contribution is 2.21. The molecule has 1 N–H and O–H groups in total. The van der Waals surface area contributed by atoms with Crippen molar-refractivity contribution in [3.8, 4) is 0 Å². The van der Waals surface area contributed by atoms with Gasteiger partial charge in [0.15, 0.2) is 0 Å². The number of benzene rings is 1. The molecule has 0 aliphatic rings. The third-order valence-electron chi connectivity index (χ3n) is 4.64. The Hall–Kier alpha value is -1.35. The van der Waals surface area contributed by atoms with Crippen LogP contribution in [0.25, 0.3) is 11.0 Å². The fourth-order valence-corrected chi connectivity index (χ4v) is 2.97. The maximum absolute atomic E-state index is 4.88. The topological polar surface area (TPSA) is 29.9 Å². The zero-order chi connectivity index (χ0) is 15.4. The van der Waals surface area contributed by atoms with Gasteiger partial charge in [-0.3, -0.25) is 0 Å². The number of likely N-dealkylation sites (N-methyl/N-ethyl adjacent to an activating group) is 1. The average molecular weight is 287 g/mol. The van der Waals surface area contributed by atoms with Crippen molar-refractivity contribution >= 4 is 11.0 Å². The van der Waals surface area contributed by atoms with Crippen molar-refractivity contribution in [2.75, 3.05) is 7.05 Å². The van der Waals surface area contributed by atoms with E-state index in [-0.39, 0.29) is 0 Å². The number of rotatable bonds is 7. The van der Waals surface area contributed by atoms with E-state index in [1.165, 1.54) is 11.3 Å². The highest BCUT2D eigenvalue weighted by atomic mass is 15.1. The first-order valence-corrected chi connectivity index (χ1v) is 8.19. The second-order valence-corrected chi connectivity index (χ2v) is 6.37. The summed E-state index contributed by atoms with van der Waals surface area (Å²) in [5.41, 5.74) is 2.38. The fourth-order valence-electron chi connectivity index (χ4n) is 2.97. The number of fused-ring (bicyclic) bond motifs is 1. The van der Waals surface area contributed by atoms with Crippen LogP contribution in [0, 0.1) is 11.8 Å². The van der Waals surface area contributed by atoms with Crippen molar-refractivity contribution in [1.82, 2.24) is 14.9 Å². The molecule has 0 radical (unpaired) electrons. The van der Waals surface area contributed by atoms with Crippen LogP contribution in [0.3, 0.4) is 0 Å². The molecule has 2 atom stereocenters. The van der Waals surface area contributed by atoms with Crippen LogP contribution in [0.5, 0.6) is 0 Å². The molecule has 1 aromatic carbocycles. The van der Waals surface area contributed by atoms with Crippen molar-refractivity contribution in [2.24, 2.45) is 11.8 Å². The summed E-state index contributed by atoms with van der Waals surface area (Å²) >= 11 is 0. The molecule has 0 aliphatic heterocycles. The van der Waals surface area contributed by atoms with Crippen LogP contribution in [0.1, 0.15) is 39.9 Å². The molecule has 116 valence electrons. The summed E-state index contributed by atoms with van der Waals surface area (Å²) in [4.78, 5) is 4.88. The van der Waals surface area contributed by atoms with Crippen LogP contribution in [-0.4, -0.2) is 22.6 Å². The first-order valence-electron chi connectivity index (χ1n) is 8.19. The monoisotopic (exact) mass is 287 g/mol. The number of nitrogens with zero attached hydrogens (tertiary/aromatic N) is 2. The summed E-state index contributed by atoms with van der Waals surface area (Å²) in [5, 5.41) is 3.49. The highest BCUT2D eigenvalue weighted by molar-refractivity contribution is 5.75. The maximum Gasteiger partial charge on any atom is 0.111 e. The van der Waals surface area contributed by atoms with E-state index < -0.39 is 0 Å². The molecule has 3 heteroatoms. The molecule has 0 bridgehead atoms. The Labute approximate surface area is 128 Å². The van der Waals surface area contributed by atoms with Gasteiger partial charge in [-0.1, -0.05) is 39.8 Å². The Morgan fingerprint density at radius 1 is 1.19 bits per heavy atom. The molecule has 1 heterocycles. The first-order chi connectivity index (χ1) is 10.1. The SMILES string of the molecule is CCCn1c(CC(NC)C(C)C(C)C)nc2ccccc21. The number of nitrogens with one attached hydrogen (secondary N) is 1. The van der Waals surface area contributed by atoms with E-state index in [2.05, 4.69) is 68.9 Å². The van der Waals surface area contributed by atoms with Crippen molar-refractivity contribution in [3.05, 3.63) is 30.1 Å². The standard InChI is InChI=1S/C18H29N3/c1-6-11-21-17-10-8-7-9-15(17)20-18(21)12-16(19-5)14(4)13(2)3/h7-10,13-14,16,19H,6,11-12H2,1-5H3. The minimum absolute atomic E-state index is 0.470. The number of imidazole rings is 1. The van der Waals surface area contributed by atoms with Crippen molar-refractivity contribution in [1.29, 1.82) is 0 Å². The van der Waals surface area contributed by atoms with Gasteiger partial charge in [0, 0.05) is 19.0 Å². The first kappa shape index (κ1) is 16.0. The number of aryl methyl sites for hydroxylation is 1. The van der Waals surface area contributed by atoms with Gasteiger partial charge in [-0.2, -0.15) is 0 Å². The quantitative estimate of drug-likeness (QED) is 0.838. The second kappa shape index (κ2) is 7.08. The molecular weight excluding hydrogens is 258 g/mol. The third kappa shape index (κ3) is 3.46. The molecule has 0 spiro atoms. The van der Waals surface area contributed by atoms with Crippen molar-refractivity contribution in [2.45, 2.75) is 53.1 Å². The molecule has 3 nitrogen and oxygen atoms in total. The molecule has 0 saturated heterocycles. The van der Waals surface area contributed by atoms with Gasteiger partial charge >= 0.3 is 0 Å². The molecule has 1 aromatic heterocycles. The van der Waals surface area contributed by atoms with Gasteiger partial charge in [0.2, 0.25) is 0 Å². The zero-order valence-electron chi connectivity index (χ0n) is 14.1. The van der Waals surface area contributed by atoms with Crippen molar-refractivity contribution in [3.63, 3.8) is 0 Å². The summed E-state index contributed by atoms with van der Waals surface area (Å²) in [5.74, 6) is 2.52. The van der Waals surface area contributed by atoms with E-state index in [0.29, 0.717) is 17.9 Å². The van der Waals surface area contributed by atoms with E-state index in [1.807, 2.05) is 0 Å². The summed E-state index contributed by atoms with van der Waals surface area (Å²) in [6.45, 7) is 10.2. The highest BCUT2D eigenvalue weighted by Gasteiger charge is 2.21. The third-order valence-corrected chi connectivity index (χ3v) is 4.64. The molecule has 21 heavy (non-hydrogen) atoms. The van der Waals surface area contributed by atoms with E-state index >= 15 is 0 Å². The van der Waals surface area contributed by atoms with Crippen LogP contribution in [0.2, 0.25) is 0 Å². The molecule has 0 fully saturated rings. The lowest BCUT2D eigenvalue weighted by atomic mass is 9.88. The number of hydrogen-bond acceptors (Lipinski definition) is 2. The van der Waals surface area contributed by atoms with Gasteiger partial charge in [0.05, 0.1) is 11.0 Å². The molecule has 2 aromatic rings. The molecule has 0 aliphatic carbocycles. The van der Waals surface area contributed by atoms with Crippen LogP contribution >= 0.6 is 0 Å². The number of para-hydroxylation sites is 2. The van der Waals surface area contributed by atoms with Crippen molar-refractivity contribution < 1.29 is 0 Å². The lowest BCUT2D eigenvalue weighted by Crippen LogP contribution is -2.37. The van der Waals surface area contributed by atoms with E-state index in [1.54, 1.807) is 0 Å². The van der Waals surface area contributed by atoms with Crippen LogP contribution < -0.4 is 5.32 Å². The molecule has 2 rings (SSSR count).